The fourth-order valence-electron chi connectivity index (χ4n) is 4.19. The Morgan fingerprint density at radius 2 is 1.71 bits per heavy atom. The lowest BCUT2D eigenvalue weighted by Gasteiger charge is -2.53. The Morgan fingerprint density at radius 3 is 2.24 bits per heavy atom. The summed E-state index contributed by atoms with van der Waals surface area (Å²) in [5, 5.41) is 14.4. The van der Waals surface area contributed by atoms with Crippen LogP contribution in [-0.4, -0.2) is 53.4 Å². The van der Waals surface area contributed by atoms with Crippen LogP contribution < -0.4 is 11.1 Å². The first-order valence-electron chi connectivity index (χ1n) is 6.98. The van der Waals surface area contributed by atoms with Gasteiger partial charge in [0, 0.05) is 17.6 Å². The van der Waals surface area contributed by atoms with E-state index in [2.05, 4.69) is 17.3 Å². The number of fused-ring (bicyclic) bond motifs is 2. The molecule has 3 saturated heterocycles. The average Bonchev–Trinajstić information content (AvgIpc) is 2.53. The van der Waals surface area contributed by atoms with Gasteiger partial charge in [-0.2, -0.15) is 0 Å². The first kappa shape index (κ1) is 11.9. The third-order valence-electron chi connectivity index (χ3n) is 5.55. The van der Waals surface area contributed by atoms with Gasteiger partial charge >= 0.3 is 0 Å². The zero-order valence-corrected chi connectivity index (χ0v) is 10.8. The van der Waals surface area contributed by atoms with E-state index in [0.717, 1.165) is 38.8 Å². The Hall–Kier alpha value is -0.160. The van der Waals surface area contributed by atoms with E-state index in [0.29, 0.717) is 12.1 Å². The molecular weight excluding hydrogens is 214 g/mol. The molecule has 3 fully saturated rings. The van der Waals surface area contributed by atoms with E-state index in [1.807, 2.05) is 0 Å². The van der Waals surface area contributed by atoms with Crippen LogP contribution in [0, 0.1) is 0 Å². The van der Waals surface area contributed by atoms with Crippen molar-refractivity contribution in [3.05, 3.63) is 0 Å². The molecule has 3 aliphatic rings. The van der Waals surface area contributed by atoms with E-state index in [9.17, 15) is 5.11 Å². The lowest BCUT2D eigenvalue weighted by atomic mass is 9.67. The second kappa shape index (κ2) is 3.92. The molecule has 0 aromatic rings. The third-order valence-corrected chi connectivity index (χ3v) is 5.55. The minimum Gasteiger partial charge on any atom is -0.388 e. The molecule has 2 bridgehead atoms. The SMILES string of the molecule is CN1C2CCC1CC(O)(C1(N)CCNCC1)C2. The molecule has 0 spiro atoms. The largest absolute Gasteiger partial charge is 0.388 e. The lowest BCUT2D eigenvalue weighted by molar-refractivity contribution is -0.106. The summed E-state index contributed by atoms with van der Waals surface area (Å²) in [6, 6.07) is 1.10. The van der Waals surface area contributed by atoms with Crippen LogP contribution >= 0.6 is 0 Å². The summed E-state index contributed by atoms with van der Waals surface area (Å²) in [4.78, 5) is 2.46. The van der Waals surface area contributed by atoms with E-state index in [4.69, 9.17) is 5.73 Å². The quantitative estimate of drug-likeness (QED) is 0.605. The first-order chi connectivity index (χ1) is 8.04. The van der Waals surface area contributed by atoms with Crippen LogP contribution in [-0.2, 0) is 0 Å². The second-order valence-corrected chi connectivity index (χ2v) is 6.40. The number of piperidine rings is 2. The highest BCUT2D eigenvalue weighted by Crippen LogP contribution is 2.46. The Morgan fingerprint density at radius 1 is 1.18 bits per heavy atom. The van der Waals surface area contributed by atoms with E-state index in [-0.39, 0.29) is 5.54 Å². The summed E-state index contributed by atoms with van der Waals surface area (Å²) in [7, 11) is 2.20. The predicted octanol–water partition coefficient (Wildman–Crippen LogP) is 0.0550. The van der Waals surface area contributed by atoms with Crippen LogP contribution in [0.3, 0.4) is 0 Å². The minimum atomic E-state index is -0.632. The number of nitrogens with two attached hydrogens (primary N) is 1. The monoisotopic (exact) mass is 239 g/mol. The van der Waals surface area contributed by atoms with Gasteiger partial charge in [-0.1, -0.05) is 0 Å². The van der Waals surface area contributed by atoms with E-state index >= 15 is 0 Å². The zero-order valence-electron chi connectivity index (χ0n) is 10.8. The van der Waals surface area contributed by atoms with Crippen molar-refractivity contribution in [1.82, 2.24) is 10.2 Å². The maximum Gasteiger partial charge on any atom is 0.0857 e. The number of rotatable bonds is 1. The van der Waals surface area contributed by atoms with Gasteiger partial charge < -0.3 is 21.1 Å². The third kappa shape index (κ3) is 1.73. The van der Waals surface area contributed by atoms with Crippen LogP contribution in [0.4, 0.5) is 0 Å². The number of nitrogens with zero attached hydrogens (tertiary/aromatic N) is 1. The van der Waals surface area contributed by atoms with Crippen LogP contribution in [0.25, 0.3) is 0 Å². The van der Waals surface area contributed by atoms with Crippen molar-refractivity contribution in [2.24, 2.45) is 5.73 Å². The molecule has 3 rings (SSSR count). The molecule has 3 heterocycles. The molecule has 0 aromatic carbocycles. The van der Waals surface area contributed by atoms with Crippen molar-refractivity contribution in [2.45, 2.75) is 61.7 Å². The Kier molecular flexibility index (Phi) is 2.74. The summed E-state index contributed by atoms with van der Waals surface area (Å²) in [5.74, 6) is 0. The summed E-state index contributed by atoms with van der Waals surface area (Å²) < 4.78 is 0. The van der Waals surface area contributed by atoms with Crippen LogP contribution in [0.5, 0.6) is 0 Å². The van der Waals surface area contributed by atoms with Gasteiger partial charge in [-0.05, 0) is 58.7 Å². The molecule has 0 saturated carbocycles. The van der Waals surface area contributed by atoms with Crippen molar-refractivity contribution in [2.75, 3.05) is 20.1 Å². The number of hydrogen-bond donors (Lipinski definition) is 3. The molecule has 4 nitrogen and oxygen atoms in total. The summed E-state index contributed by atoms with van der Waals surface area (Å²) in [5.41, 5.74) is 5.56. The van der Waals surface area contributed by atoms with Crippen LogP contribution in [0.15, 0.2) is 0 Å². The molecule has 0 radical (unpaired) electrons. The fraction of sp³-hybridized carbons (Fsp3) is 1.00. The molecule has 2 unspecified atom stereocenters. The summed E-state index contributed by atoms with van der Waals surface area (Å²) >= 11 is 0. The Bertz CT molecular complexity index is 287. The number of aliphatic hydroxyl groups is 1. The van der Waals surface area contributed by atoms with Crippen molar-refractivity contribution >= 4 is 0 Å². The van der Waals surface area contributed by atoms with E-state index in [1.54, 1.807) is 0 Å². The summed E-state index contributed by atoms with van der Waals surface area (Å²) in [6.07, 6.45) is 6.03. The average molecular weight is 239 g/mol. The molecule has 3 aliphatic heterocycles. The molecule has 0 aliphatic carbocycles. The van der Waals surface area contributed by atoms with Gasteiger partial charge in [-0.15, -0.1) is 0 Å². The second-order valence-electron chi connectivity index (χ2n) is 6.40. The van der Waals surface area contributed by atoms with Gasteiger partial charge in [0.1, 0.15) is 0 Å². The van der Waals surface area contributed by atoms with Gasteiger partial charge in [-0.3, -0.25) is 0 Å². The van der Waals surface area contributed by atoms with Crippen molar-refractivity contribution < 1.29 is 5.11 Å². The normalized spacial score (nSPS) is 46.1. The highest BCUT2D eigenvalue weighted by atomic mass is 16.3. The highest BCUT2D eigenvalue weighted by Gasteiger charge is 2.55. The van der Waals surface area contributed by atoms with Crippen molar-refractivity contribution in [3.8, 4) is 0 Å². The number of nitrogens with one attached hydrogen (secondary N) is 1. The molecule has 4 N–H and O–H groups in total. The Balaban J connectivity index is 1.82. The van der Waals surface area contributed by atoms with Gasteiger partial charge in [-0.25, -0.2) is 0 Å². The van der Waals surface area contributed by atoms with Gasteiger partial charge in [0.05, 0.1) is 5.60 Å². The smallest absolute Gasteiger partial charge is 0.0857 e. The van der Waals surface area contributed by atoms with Crippen LogP contribution in [0.2, 0.25) is 0 Å². The molecule has 2 atom stereocenters. The maximum atomic E-state index is 11.1. The maximum absolute atomic E-state index is 11.1. The molecule has 0 aromatic heterocycles. The zero-order chi connectivity index (χ0) is 12.1. The standard InChI is InChI=1S/C13H25N3O/c1-16-10-2-3-11(16)9-13(17,8-10)12(14)4-6-15-7-5-12/h10-11,15,17H,2-9,14H2,1H3. The van der Waals surface area contributed by atoms with Crippen molar-refractivity contribution in [3.63, 3.8) is 0 Å². The topological polar surface area (TPSA) is 61.5 Å². The fourth-order valence-corrected chi connectivity index (χ4v) is 4.19. The van der Waals surface area contributed by atoms with Gasteiger partial charge in [0.2, 0.25) is 0 Å². The molecule has 0 amide bonds. The van der Waals surface area contributed by atoms with Crippen molar-refractivity contribution in [1.29, 1.82) is 0 Å². The minimum absolute atomic E-state index is 0.361. The predicted molar refractivity (Wildman–Crippen MR) is 67.8 cm³/mol. The van der Waals surface area contributed by atoms with Gasteiger partial charge in [0.25, 0.3) is 0 Å². The van der Waals surface area contributed by atoms with E-state index in [1.165, 1.54) is 12.8 Å². The highest BCUT2D eigenvalue weighted by molar-refractivity contribution is 5.13. The molecular formula is C13H25N3O. The van der Waals surface area contributed by atoms with Crippen LogP contribution in [0.1, 0.15) is 38.5 Å². The molecule has 98 valence electrons. The lowest BCUT2D eigenvalue weighted by Crippen LogP contribution is -2.68. The molecule has 4 heteroatoms. The first-order valence-corrected chi connectivity index (χ1v) is 6.98. The summed E-state index contributed by atoms with van der Waals surface area (Å²) in [6.45, 7) is 1.90. The number of hydrogen-bond acceptors (Lipinski definition) is 4. The van der Waals surface area contributed by atoms with E-state index < -0.39 is 5.60 Å². The van der Waals surface area contributed by atoms with Gasteiger partial charge in [0.15, 0.2) is 0 Å². The molecule has 17 heavy (non-hydrogen) atoms. The Labute approximate surface area is 104 Å².